The number of Topliss-reactive ketones (excluding diaryl/α,β-unsaturated/α-hetero) is 1. The first-order chi connectivity index (χ1) is 20.8. The number of benzene rings is 3. The van der Waals surface area contributed by atoms with Crippen LogP contribution in [-0.4, -0.2) is 45.5 Å². The smallest absolute Gasteiger partial charge is 0.247 e. The maximum Gasteiger partial charge on any atom is 0.247 e. The molecule has 2 atom stereocenters. The van der Waals surface area contributed by atoms with Gasteiger partial charge in [0, 0.05) is 59.6 Å². The highest BCUT2D eigenvalue weighted by atomic mass is 35.5. The van der Waals surface area contributed by atoms with Gasteiger partial charge in [0.25, 0.3) is 0 Å². The number of nitrogens with zero attached hydrogens (tertiary/aromatic N) is 2. The summed E-state index contributed by atoms with van der Waals surface area (Å²) < 4.78 is 0. The molecule has 0 fully saturated rings. The molecule has 0 saturated carbocycles. The number of aryl methyl sites for hydroxylation is 1. The molecular weight excluding hydrogens is 584 g/mol. The fourth-order valence-corrected chi connectivity index (χ4v) is 5.88. The number of fused-ring (bicyclic) bond motifs is 1. The van der Waals surface area contributed by atoms with Gasteiger partial charge in [-0.05, 0) is 41.8 Å². The molecule has 0 radical (unpaired) electrons. The SMILES string of the molecule is Cc1cc(NC(=O)[C@H](Cc2cncs2)NC(=O)[C@@H]2Cc3ccccc3CN2C(=O)CCC(=O)c2ccccc2)ccc1Cl. The van der Waals surface area contributed by atoms with Crippen molar-refractivity contribution in [3.8, 4) is 0 Å². The number of hydrogen-bond donors (Lipinski definition) is 2. The van der Waals surface area contributed by atoms with Crippen LogP contribution < -0.4 is 10.6 Å². The molecule has 10 heteroatoms. The van der Waals surface area contributed by atoms with E-state index in [4.69, 9.17) is 11.6 Å². The Balaban J connectivity index is 1.34. The Bertz CT molecular complexity index is 1630. The Morgan fingerprint density at radius 3 is 2.47 bits per heavy atom. The molecular formula is C33H31ClN4O4S. The predicted molar refractivity (Wildman–Crippen MR) is 167 cm³/mol. The van der Waals surface area contributed by atoms with Crippen molar-refractivity contribution in [3.63, 3.8) is 0 Å². The lowest BCUT2D eigenvalue weighted by atomic mass is 9.92. The summed E-state index contributed by atoms with van der Waals surface area (Å²) in [6.07, 6.45) is 2.20. The molecule has 4 aromatic rings. The number of nitrogens with one attached hydrogen (secondary N) is 2. The largest absolute Gasteiger partial charge is 0.342 e. The zero-order valence-electron chi connectivity index (χ0n) is 23.6. The van der Waals surface area contributed by atoms with Gasteiger partial charge in [0.05, 0.1) is 5.51 Å². The van der Waals surface area contributed by atoms with E-state index in [2.05, 4.69) is 15.6 Å². The van der Waals surface area contributed by atoms with Crippen molar-refractivity contribution in [2.45, 2.75) is 51.2 Å². The molecule has 1 aliphatic rings. The molecule has 1 aromatic heterocycles. The van der Waals surface area contributed by atoms with E-state index >= 15 is 0 Å². The number of thiazole rings is 1. The van der Waals surface area contributed by atoms with E-state index in [-0.39, 0.29) is 37.5 Å². The highest BCUT2D eigenvalue weighted by molar-refractivity contribution is 7.09. The summed E-state index contributed by atoms with van der Waals surface area (Å²) in [5.41, 5.74) is 5.49. The summed E-state index contributed by atoms with van der Waals surface area (Å²) in [6, 6.07) is 19.9. The van der Waals surface area contributed by atoms with Crippen LogP contribution in [0.15, 0.2) is 84.5 Å². The van der Waals surface area contributed by atoms with Crippen LogP contribution in [0.25, 0.3) is 0 Å². The van der Waals surface area contributed by atoms with Gasteiger partial charge in [0.15, 0.2) is 5.78 Å². The Kier molecular flexibility index (Phi) is 9.64. The van der Waals surface area contributed by atoms with Crippen molar-refractivity contribution in [2.75, 3.05) is 5.32 Å². The van der Waals surface area contributed by atoms with Crippen molar-refractivity contribution >= 4 is 52.1 Å². The number of halogens is 1. The van der Waals surface area contributed by atoms with E-state index in [1.165, 1.54) is 16.2 Å². The van der Waals surface area contributed by atoms with Gasteiger partial charge in [0.2, 0.25) is 17.7 Å². The quantitative estimate of drug-likeness (QED) is 0.233. The van der Waals surface area contributed by atoms with Crippen LogP contribution in [0.1, 0.15) is 44.8 Å². The molecule has 5 rings (SSSR count). The second-order valence-electron chi connectivity index (χ2n) is 10.5. The third-order valence-electron chi connectivity index (χ3n) is 7.48. The van der Waals surface area contributed by atoms with E-state index in [1.54, 1.807) is 54.2 Å². The fraction of sp³-hybridized carbons (Fsp3) is 0.242. The third-order valence-corrected chi connectivity index (χ3v) is 8.71. The Morgan fingerprint density at radius 2 is 1.74 bits per heavy atom. The third kappa shape index (κ3) is 7.55. The molecule has 220 valence electrons. The average molecular weight is 615 g/mol. The maximum absolute atomic E-state index is 13.9. The van der Waals surface area contributed by atoms with Gasteiger partial charge in [-0.15, -0.1) is 11.3 Å². The minimum atomic E-state index is -0.919. The molecule has 0 bridgehead atoms. The molecule has 43 heavy (non-hydrogen) atoms. The van der Waals surface area contributed by atoms with Crippen LogP contribution in [0.5, 0.6) is 0 Å². The average Bonchev–Trinajstić information content (AvgIpc) is 3.54. The maximum atomic E-state index is 13.9. The first kappa shape index (κ1) is 30.1. The van der Waals surface area contributed by atoms with Gasteiger partial charge in [-0.1, -0.05) is 66.2 Å². The zero-order chi connectivity index (χ0) is 30.3. The van der Waals surface area contributed by atoms with Crippen LogP contribution in [0.4, 0.5) is 5.69 Å². The van der Waals surface area contributed by atoms with E-state index in [1.807, 2.05) is 37.3 Å². The van der Waals surface area contributed by atoms with Gasteiger partial charge < -0.3 is 15.5 Å². The van der Waals surface area contributed by atoms with Crippen LogP contribution in [0, 0.1) is 6.92 Å². The molecule has 2 heterocycles. The molecule has 0 unspecified atom stereocenters. The molecule has 0 aliphatic carbocycles. The number of carbonyl (C=O) groups is 4. The number of carbonyl (C=O) groups excluding carboxylic acids is 4. The summed E-state index contributed by atoms with van der Waals surface area (Å²) in [4.78, 5) is 60.1. The van der Waals surface area contributed by atoms with E-state index < -0.39 is 23.9 Å². The van der Waals surface area contributed by atoms with Crippen molar-refractivity contribution in [1.29, 1.82) is 0 Å². The highest BCUT2D eigenvalue weighted by Gasteiger charge is 2.36. The Labute approximate surface area is 259 Å². The molecule has 3 aromatic carbocycles. The summed E-state index contributed by atoms with van der Waals surface area (Å²) in [6.45, 7) is 2.08. The number of amides is 3. The number of ketones is 1. The van der Waals surface area contributed by atoms with Crippen molar-refractivity contribution in [3.05, 3.63) is 117 Å². The van der Waals surface area contributed by atoms with Crippen molar-refractivity contribution in [1.82, 2.24) is 15.2 Å². The lowest BCUT2D eigenvalue weighted by Gasteiger charge is -2.36. The van der Waals surface area contributed by atoms with Gasteiger partial charge in [-0.2, -0.15) is 0 Å². The Hall–Kier alpha value is -4.34. The fourth-order valence-electron chi connectivity index (χ4n) is 5.12. The van der Waals surface area contributed by atoms with E-state index in [0.29, 0.717) is 22.7 Å². The molecule has 2 N–H and O–H groups in total. The van der Waals surface area contributed by atoms with Gasteiger partial charge >= 0.3 is 0 Å². The normalized spacial score (nSPS) is 14.8. The molecule has 3 amide bonds. The summed E-state index contributed by atoms with van der Waals surface area (Å²) in [7, 11) is 0. The summed E-state index contributed by atoms with van der Waals surface area (Å²) in [5.74, 6) is -1.26. The number of anilines is 1. The van der Waals surface area contributed by atoms with E-state index in [9.17, 15) is 19.2 Å². The van der Waals surface area contributed by atoms with E-state index in [0.717, 1.165) is 21.6 Å². The summed E-state index contributed by atoms with van der Waals surface area (Å²) >= 11 is 7.54. The van der Waals surface area contributed by atoms with Crippen molar-refractivity contribution in [2.24, 2.45) is 0 Å². The monoisotopic (exact) mass is 614 g/mol. The second kappa shape index (κ2) is 13.8. The molecule has 0 saturated heterocycles. The Morgan fingerprint density at radius 1 is 1.00 bits per heavy atom. The molecule has 1 aliphatic heterocycles. The lowest BCUT2D eigenvalue weighted by Crippen LogP contribution is -2.56. The first-order valence-electron chi connectivity index (χ1n) is 14.0. The predicted octanol–water partition coefficient (Wildman–Crippen LogP) is 5.39. The standard InChI is InChI=1S/C33H31ClN4O4S/c1-21-15-25(11-12-27(21)34)36-32(41)28(17-26-18-35-20-43-26)37-33(42)29-16-23-9-5-6-10-24(23)19-38(29)31(40)14-13-30(39)22-7-3-2-4-8-22/h2-12,15,18,20,28-29H,13-14,16-17,19H2,1H3,(H,36,41)(H,37,42)/t28-,29-/m0/s1. The van der Waals surface area contributed by atoms with Crippen molar-refractivity contribution < 1.29 is 19.2 Å². The number of aromatic nitrogens is 1. The van der Waals surface area contributed by atoms with Crippen LogP contribution in [-0.2, 0) is 33.8 Å². The molecule has 8 nitrogen and oxygen atoms in total. The topological polar surface area (TPSA) is 108 Å². The van der Waals surface area contributed by atoms with Gasteiger partial charge in [0.1, 0.15) is 12.1 Å². The minimum absolute atomic E-state index is 0.0274. The number of rotatable bonds is 10. The lowest BCUT2D eigenvalue weighted by molar-refractivity contribution is -0.142. The highest BCUT2D eigenvalue weighted by Crippen LogP contribution is 2.25. The van der Waals surface area contributed by atoms with Crippen LogP contribution in [0.3, 0.4) is 0 Å². The summed E-state index contributed by atoms with van der Waals surface area (Å²) in [5, 5.41) is 6.38. The van der Waals surface area contributed by atoms with Gasteiger partial charge in [-0.3, -0.25) is 24.2 Å². The zero-order valence-corrected chi connectivity index (χ0v) is 25.2. The second-order valence-corrected chi connectivity index (χ2v) is 11.9. The van der Waals surface area contributed by atoms with Crippen LogP contribution >= 0.6 is 22.9 Å². The minimum Gasteiger partial charge on any atom is -0.342 e. The first-order valence-corrected chi connectivity index (χ1v) is 15.2. The van der Waals surface area contributed by atoms with Gasteiger partial charge in [-0.25, -0.2) is 0 Å². The number of hydrogen-bond acceptors (Lipinski definition) is 6. The molecule has 0 spiro atoms. The van der Waals surface area contributed by atoms with Crippen LogP contribution in [0.2, 0.25) is 5.02 Å².